The largest absolute Gasteiger partial charge is 0.481 e. The monoisotopic (exact) mass is 395 g/mol. The number of rotatable bonds is 18. The summed E-state index contributed by atoms with van der Waals surface area (Å²) in [6.07, 6.45) is 23.0. The number of unbranched alkanes of at least 4 members (excludes halogenated alkanes) is 16. The lowest BCUT2D eigenvalue weighted by atomic mass is 10.1. The predicted octanol–water partition coefficient (Wildman–Crippen LogP) is 9.02. The van der Waals surface area contributed by atoms with E-state index in [1.807, 2.05) is 0 Å². The Morgan fingerprint density at radius 1 is 0.429 bits per heavy atom. The molecule has 0 rings (SSSR count). The smallest absolute Gasteiger partial charge is 0.303 e. The van der Waals surface area contributed by atoms with Gasteiger partial charge in [0.1, 0.15) is 0 Å². The van der Waals surface area contributed by atoms with Crippen molar-refractivity contribution in [3.05, 3.63) is 34.6 Å². The first-order valence-corrected chi connectivity index (χ1v) is 11.8. The molecule has 0 aromatic heterocycles. The number of carboxylic acid groups (broad SMARTS) is 1. The Labute approximate surface area is 179 Å². The van der Waals surface area contributed by atoms with E-state index in [1.165, 1.54) is 77.0 Å². The summed E-state index contributed by atoms with van der Waals surface area (Å²) < 4.78 is 0. The standard InChI is InChI=1S/C14H27O2.2C6H12/c1-2-3-4-5-6-7-8-9-10-11-12-13-14(15)16;2*1-3-5-6-4-2/h1-13H2,(H,15,16);2*1-6H2. The highest BCUT2D eigenvalue weighted by molar-refractivity contribution is 5.66. The van der Waals surface area contributed by atoms with Gasteiger partial charge in [-0.15, -0.1) is 0 Å². The van der Waals surface area contributed by atoms with E-state index in [0.29, 0.717) is 6.42 Å². The van der Waals surface area contributed by atoms with Crippen molar-refractivity contribution < 1.29 is 9.90 Å². The molecule has 28 heavy (non-hydrogen) atoms. The van der Waals surface area contributed by atoms with Crippen molar-refractivity contribution >= 4 is 5.97 Å². The molecule has 1 N–H and O–H groups in total. The van der Waals surface area contributed by atoms with Gasteiger partial charge in [-0.1, -0.05) is 150 Å². The van der Waals surface area contributed by atoms with E-state index in [1.54, 1.807) is 0 Å². The van der Waals surface area contributed by atoms with Gasteiger partial charge in [0.25, 0.3) is 0 Å². The molecule has 5 radical (unpaired) electrons. The van der Waals surface area contributed by atoms with E-state index >= 15 is 0 Å². The summed E-state index contributed by atoms with van der Waals surface area (Å²) in [5.41, 5.74) is 0. The predicted molar refractivity (Wildman–Crippen MR) is 127 cm³/mol. The van der Waals surface area contributed by atoms with Crippen molar-refractivity contribution in [3.8, 4) is 0 Å². The lowest BCUT2D eigenvalue weighted by molar-refractivity contribution is -0.137. The fourth-order valence-corrected chi connectivity index (χ4v) is 2.57. The van der Waals surface area contributed by atoms with E-state index in [-0.39, 0.29) is 0 Å². The zero-order valence-electron chi connectivity index (χ0n) is 19.0. The van der Waals surface area contributed by atoms with Gasteiger partial charge in [0, 0.05) is 6.42 Å². The molecule has 2 nitrogen and oxygen atoms in total. The normalized spacial score (nSPS) is 9.89. The third-order valence-electron chi connectivity index (χ3n) is 4.39. The van der Waals surface area contributed by atoms with Crippen LogP contribution in [-0.4, -0.2) is 11.1 Å². The molecule has 0 aliphatic heterocycles. The van der Waals surface area contributed by atoms with Crippen molar-refractivity contribution in [2.45, 2.75) is 128 Å². The molecule has 2 heteroatoms. The third-order valence-corrected chi connectivity index (χ3v) is 4.39. The zero-order chi connectivity index (χ0) is 21.7. The molecule has 0 aromatic carbocycles. The van der Waals surface area contributed by atoms with Crippen LogP contribution in [0.5, 0.6) is 0 Å². The average molecular weight is 396 g/mol. The summed E-state index contributed by atoms with van der Waals surface area (Å²) in [6.45, 7) is 18.6. The quantitative estimate of drug-likeness (QED) is 0.235. The van der Waals surface area contributed by atoms with Gasteiger partial charge in [-0.25, -0.2) is 0 Å². The van der Waals surface area contributed by atoms with Crippen LogP contribution >= 0.6 is 0 Å². The summed E-state index contributed by atoms with van der Waals surface area (Å²) in [5, 5.41) is 8.45. The van der Waals surface area contributed by atoms with Crippen molar-refractivity contribution in [1.29, 1.82) is 0 Å². The Morgan fingerprint density at radius 3 is 0.893 bits per heavy atom. The summed E-state index contributed by atoms with van der Waals surface area (Å²) >= 11 is 0. The lowest BCUT2D eigenvalue weighted by Gasteiger charge is -2.01. The number of carbonyl (C=O) groups is 1. The van der Waals surface area contributed by atoms with Gasteiger partial charge in [-0.3, -0.25) is 4.79 Å². The van der Waals surface area contributed by atoms with Gasteiger partial charge in [0.05, 0.1) is 0 Å². The van der Waals surface area contributed by atoms with Crippen molar-refractivity contribution in [3.63, 3.8) is 0 Å². The minimum Gasteiger partial charge on any atom is -0.481 e. The van der Waals surface area contributed by atoms with Crippen LogP contribution in [0.1, 0.15) is 128 Å². The summed E-state index contributed by atoms with van der Waals surface area (Å²) in [7, 11) is 0. The van der Waals surface area contributed by atoms with Crippen LogP contribution in [0.2, 0.25) is 0 Å². The molecule has 0 atom stereocenters. The molecule has 0 unspecified atom stereocenters. The van der Waals surface area contributed by atoms with E-state index in [4.69, 9.17) is 5.11 Å². The topological polar surface area (TPSA) is 37.3 Å². The minimum atomic E-state index is -0.662. The van der Waals surface area contributed by atoms with E-state index < -0.39 is 5.97 Å². The number of hydrogen-bond acceptors (Lipinski definition) is 1. The van der Waals surface area contributed by atoms with Gasteiger partial charge in [-0.2, -0.15) is 0 Å². The zero-order valence-corrected chi connectivity index (χ0v) is 19.0. The molecule has 0 heterocycles. The molecule has 167 valence electrons. The molecule has 0 saturated carbocycles. The highest BCUT2D eigenvalue weighted by Gasteiger charge is 1.96. The first-order chi connectivity index (χ1) is 13.6. The van der Waals surface area contributed by atoms with Crippen LogP contribution in [0.15, 0.2) is 0 Å². The summed E-state index contributed by atoms with van der Waals surface area (Å²) in [4.78, 5) is 10.3. The van der Waals surface area contributed by atoms with Crippen molar-refractivity contribution in [2.24, 2.45) is 0 Å². The SMILES string of the molecule is [CH2]CCCCCCCCCCCCC(=O)O.[CH2]CCCC[CH2].[CH2]CCCC[CH2]. The lowest BCUT2D eigenvalue weighted by Crippen LogP contribution is -1.93. The van der Waals surface area contributed by atoms with Crippen LogP contribution in [0.3, 0.4) is 0 Å². The molecule has 0 bridgehead atoms. The highest BCUT2D eigenvalue weighted by atomic mass is 16.4. The van der Waals surface area contributed by atoms with Crippen LogP contribution < -0.4 is 0 Å². The van der Waals surface area contributed by atoms with Crippen molar-refractivity contribution in [2.75, 3.05) is 0 Å². The number of aliphatic carboxylic acids is 1. The van der Waals surface area contributed by atoms with Gasteiger partial charge in [0.15, 0.2) is 0 Å². The van der Waals surface area contributed by atoms with Gasteiger partial charge >= 0.3 is 5.97 Å². The summed E-state index contributed by atoms with van der Waals surface area (Å²) in [6, 6.07) is 0. The number of hydrogen-bond donors (Lipinski definition) is 1. The number of carboxylic acids is 1. The Balaban J connectivity index is -0.000000426. The fraction of sp³-hybridized carbons (Fsp3) is 0.769. The molecule has 0 spiro atoms. The second kappa shape index (κ2) is 34.0. The summed E-state index contributed by atoms with van der Waals surface area (Å²) in [5.74, 6) is -0.662. The van der Waals surface area contributed by atoms with Gasteiger partial charge in [-0.05, 0) is 6.42 Å². The molecule has 0 fully saturated rings. The van der Waals surface area contributed by atoms with Gasteiger partial charge in [0.2, 0.25) is 0 Å². The molecule has 0 saturated heterocycles. The molecule has 0 amide bonds. The van der Waals surface area contributed by atoms with Crippen LogP contribution in [0.4, 0.5) is 0 Å². The average Bonchev–Trinajstić information content (AvgIpc) is 2.69. The van der Waals surface area contributed by atoms with E-state index in [2.05, 4.69) is 34.6 Å². The third kappa shape index (κ3) is 44.7. The van der Waals surface area contributed by atoms with E-state index in [0.717, 1.165) is 44.9 Å². The Bertz CT molecular complexity index is 235. The van der Waals surface area contributed by atoms with Crippen LogP contribution in [0.25, 0.3) is 0 Å². The second-order valence-corrected chi connectivity index (χ2v) is 7.36. The molecular weight excluding hydrogens is 344 g/mol. The Morgan fingerprint density at radius 2 is 0.643 bits per heavy atom. The Hall–Kier alpha value is -0.530. The first kappa shape index (κ1) is 32.1. The highest BCUT2D eigenvalue weighted by Crippen LogP contribution is 2.11. The fourth-order valence-electron chi connectivity index (χ4n) is 2.57. The minimum absolute atomic E-state index is 0.338. The van der Waals surface area contributed by atoms with Crippen LogP contribution in [0, 0.1) is 34.6 Å². The van der Waals surface area contributed by atoms with Gasteiger partial charge < -0.3 is 5.11 Å². The molecule has 0 aliphatic rings. The maximum atomic E-state index is 10.3. The van der Waals surface area contributed by atoms with Crippen LogP contribution in [-0.2, 0) is 4.79 Å². The van der Waals surface area contributed by atoms with E-state index in [9.17, 15) is 4.79 Å². The maximum absolute atomic E-state index is 10.3. The Kier molecular flexibility index (Phi) is 39.0. The first-order valence-electron chi connectivity index (χ1n) is 11.8. The molecule has 0 aliphatic carbocycles. The molecule has 0 aromatic rings. The maximum Gasteiger partial charge on any atom is 0.303 e. The second-order valence-electron chi connectivity index (χ2n) is 7.36. The van der Waals surface area contributed by atoms with Crippen molar-refractivity contribution in [1.82, 2.24) is 0 Å². The molecular formula is C26H51O2.